The van der Waals surface area contributed by atoms with E-state index in [2.05, 4.69) is 13.8 Å². The molecule has 0 aliphatic carbocycles. The molecule has 0 aromatic heterocycles. The Hall–Kier alpha value is -0.860. The molecule has 0 N–H and O–H groups in total. The summed E-state index contributed by atoms with van der Waals surface area (Å²) in [5.74, 6) is -0.136. The van der Waals surface area contributed by atoms with E-state index in [0.717, 1.165) is 32.1 Å². The average Bonchev–Trinajstić information content (AvgIpc) is 2.68. The number of rotatable bonds is 22. The van der Waals surface area contributed by atoms with Gasteiger partial charge < -0.3 is 4.74 Å². The van der Waals surface area contributed by atoms with E-state index in [0.29, 0.717) is 6.42 Å². The van der Waals surface area contributed by atoms with E-state index in [4.69, 9.17) is 4.74 Å². The minimum absolute atomic E-state index is 0.136. The first-order chi connectivity index (χ1) is 13.7. The van der Waals surface area contributed by atoms with Crippen LogP contribution in [-0.4, -0.2) is 18.4 Å². The van der Waals surface area contributed by atoms with Crippen LogP contribution in [0.1, 0.15) is 142 Å². The number of hydrogen-bond acceptors (Lipinski definition) is 3. The van der Waals surface area contributed by atoms with Gasteiger partial charge in [-0.25, -0.2) is 0 Å². The molecule has 1 unspecified atom stereocenters. The van der Waals surface area contributed by atoms with Crippen molar-refractivity contribution in [3.63, 3.8) is 0 Å². The van der Waals surface area contributed by atoms with Crippen molar-refractivity contribution in [1.82, 2.24) is 0 Å². The third kappa shape index (κ3) is 19.9. The lowest BCUT2D eigenvalue weighted by molar-refractivity contribution is -0.149. The second-order valence-corrected chi connectivity index (χ2v) is 8.30. The summed E-state index contributed by atoms with van der Waals surface area (Å²) in [5, 5.41) is 0. The minimum Gasteiger partial charge on any atom is -0.462 e. The smallest absolute Gasteiger partial charge is 0.306 e. The molecule has 3 nitrogen and oxygen atoms in total. The van der Waals surface area contributed by atoms with Crippen molar-refractivity contribution in [3.05, 3.63) is 0 Å². The number of hydrogen-bond donors (Lipinski definition) is 0. The van der Waals surface area contributed by atoms with E-state index in [1.54, 1.807) is 0 Å². The molecular formula is C25H47O3. The zero-order valence-electron chi connectivity index (χ0n) is 18.9. The number of carbonyl (C=O) groups is 1. The highest BCUT2D eigenvalue weighted by molar-refractivity contribution is 5.69. The van der Waals surface area contributed by atoms with Crippen molar-refractivity contribution in [2.45, 2.75) is 148 Å². The quantitative estimate of drug-likeness (QED) is 0.138. The molecule has 165 valence electrons. The first-order valence-corrected chi connectivity index (χ1v) is 12.3. The van der Waals surface area contributed by atoms with Gasteiger partial charge in [0.25, 0.3) is 0 Å². The van der Waals surface area contributed by atoms with Gasteiger partial charge in [0, 0.05) is 6.42 Å². The summed E-state index contributed by atoms with van der Waals surface area (Å²) in [5.41, 5.74) is 0. The SMILES string of the molecule is CCCCCCCCCCCCC(=O)OC(C[C]=O)CCCCCCCCC. The van der Waals surface area contributed by atoms with Crippen LogP contribution in [0.5, 0.6) is 0 Å². The van der Waals surface area contributed by atoms with Crippen LogP contribution in [0, 0.1) is 0 Å². The highest BCUT2D eigenvalue weighted by Gasteiger charge is 2.14. The molecule has 0 rings (SSSR count). The second kappa shape index (κ2) is 22.4. The molecule has 1 atom stereocenters. The summed E-state index contributed by atoms with van der Waals surface area (Å²) in [6.45, 7) is 4.48. The standard InChI is InChI=1S/C25H47O3/c1-3-5-7-9-11-12-13-15-17-19-21-25(27)28-24(22-23-26)20-18-16-14-10-8-6-4-2/h24H,3-22H2,1-2H3. The van der Waals surface area contributed by atoms with Crippen LogP contribution in [0.25, 0.3) is 0 Å². The normalized spacial score (nSPS) is 12.1. The molecular weight excluding hydrogens is 348 g/mol. The topological polar surface area (TPSA) is 43.4 Å². The maximum atomic E-state index is 12.0. The van der Waals surface area contributed by atoms with E-state index < -0.39 is 0 Å². The molecule has 0 aromatic rings. The van der Waals surface area contributed by atoms with Gasteiger partial charge in [0.2, 0.25) is 6.29 Å². The van der Waals surface area contributed by atoms with E-state index in [9.17, 15) is 9.59 Å². The lowest BCUT2D eigenvalue weighted by atomic mass is 10.0. The van der Waals surface area contributed by atoms with Crippen LogP contribution >= 0.6 is 0 Å². The number of unbranched alkanes of at least 4 members (excludes halogenated alkanes) is 15. The fourth-order valence-electron chi connectivity index (χ4n) is 3.63. The fraction of sp³-hybridized carbons (Fsp3) is 0.920. The van der Waals surface area contributed by atoms with Crippen LogP contribution in [0.15, 0.2) is 0 Å². The molecule has 0 heterocycles. The molecule has 0 saturated carbocycles. The van der Waals surface area contributed by atoms with Gasteiger partial charge in [-0.05, 0) is 19.3 Å². The number of esters is 1. The molecule has 0 spiro atoms. The van der Waals surface area contributed by atoms with E-state index in [1.807, 2.05) is 6.29 Å². The van der Waals surface area contributed by atoms with Crippen molar-refractivity contribution < 1.29 is 14.3 Å². The summed E-state index contributed by atoms with van der Waals surface area (Å²) >= 11 is 0. The average molecular weight is 396 g/mol. The van der Waals surface area contributed by atoms with Crippen LogP contribution in [0.4, 0.5) is 0 Å². The summed E-state index contributed by atoms with van der Waals surface area (Å²) < 4.78 is 5.52. The lowest BCUT2D eigenvalue weighted by Crippen LogP contribution is -2.18. The van der Waals surface area contributed by atoms with Crippen LogP contribution in [-0.2, 0) is 14.3 Å². The summed E-state index contributed by atoms with van der Waals surface area (Å²) in [7, 11) is 0. The highest BCUT2D eigenvalue weighted by atomic mass is 16.5. The lowest BCUT2D eigenvalue weighted by Gasteiger charge is -2.15. The minimum atomic E-state index is -0.260. The van der Waals surface area contributed by atoms with Crippen LogP contribution in [0.2, 0.25) is 0 Å². The molecule has 0 aromatic carbocycles. The first-order valence-electron chi connectivity index (χ1n) is 12.3. The zero-order valence-corrected chi connectivity index (χ0v) is 18.9. The maximum absolute atomic E-state index is 12.0. The zero-order chi connectivity index (χ0) is 20.7. The molecule has 0 saturated heterocycles. The number of carbonyl (C=O) groups excluding carboxylic acids is 2. The van der Waals surface area contributed by atoms with E-state index in [1.165, 1.54) is 83.5 Å². The summed E-state index contributed by atoms with van der Waals surface area (Å²) in [6.07, 6.45) is 24.4. The molecule has 0 amide bonds. The molecule has 0 aliphatic heterocycles. The Bertz CT molecular complexity index is 341. The Labute approximate surface area is 175 Å². The van der Waals surface area contributed by atoms with Gasteiger partial charge >= 0.3 is 5.97 Å². The van der Waals surface area contributed by atoms with Gasteiger partial charge in [-0.3, -0.25) is 9.59 Å². The van der Waals surface area contributed by atoms with Gasteiger partial charge in [-0.1, -0.05) is 110 Å². The van der Waals surface area contributed by atoms with Crippen molar-refractivity contribution >= 4 is 12.3 Å². The van der Waals surface area contributed by atoms with Gasteiger partial charge in [0.1, 0.15) is 6.10 Å². The van der Waals surface area contributed by atoms with Crippen molar-refractivity contribution in [2.75, 3.05) is 0 Å². The van der Waals surface area contributed by atoms with E-state index in [-0.39, 0.29) is 18.5 Å². The van der Waals surface area contributed by atoms with Gasteiger partial charge in [-0.15, -0.1) is 0 Å². The van der Waals surface area contributed by atoms with Crippen molar-refractivity contribution in [2.24, 2.45) is 0 Å². The third-order valence-electron chi connectivity index (χ3n) is 5.47. The maximum Gasteiger partial charge on any atom is 0.306 e. The molecule has 3 heteroatoms. The highest BCUT2D eigenvalue weighted by Crippen LogP contribution is 2.15. The third-order valence-corrected chi connectivity index (χ3v) is 5.47. The molecule has 0 aliphatic rings. The predicted molar refractivity (Wildman–Crippen MR) is 119 cm³/mol. The molecule has 1 radical (unpaired) electrons. The molecule has 28 heavy (non-hydrogen) atoms. The summed E-state index contributed by atoms with van der Waals surface area (Å²) in [4.78, 5) is 22.8. The Balaban J connectivity index is 3.60. The van der Waals surface area contributed by atoms with Crippen molar-refractivity contribution in [3.8, 4) is 0 Å². The van der Waals surface area contributed by atoms with Crippen LogP contribution in [0.3, 0.4) is 0 Å². The van der Waals surface area contributed by atoms with Crippen molar-refractivity contribution in [1.29, 1.82) is 0 Å². The Morgan fingerprint density at radius 2 is 1.11 bits per heavy atom. The summed E-state index contributed by atoms with van der Waals surface area (Å²) in [6, 6.07) is 0. The number of ether oxygens (including phenoxy) is 1. The molecule has 0 fully saturated rings. The van der Waals surface area contributed by atoms with E-state index >= 15 is 0 Å². The van der Waals surface area contributed by atoms with Crippen LogP contribution < -0.4 is 0 Å². The van der Waals surface area contributed by atoms with Gasteiger partial charge in [0.05, 0.1) is 6.42 Å². The fourth-order valence-corrected chi connectivity index (χ4v) is 3.63. The first kappa shape index (κ1) is 27.1. The Morgan fingerprint density at radius 1 is 0.679 bits per heavy atom. The second-order valence-electron chi connectivity index (χ2n) is 8.30. The predicted octanol–water partition coefficient (Wildman–Crippen LogP) is 7.85. The molecule has 0 bridgehead atoms. The largest absolute Gasteiger partial charge is 0.462 e. The monoisotopic (exact) mass is 395 g/mol. The Morgan fingerprint density at radius 3 is 1.57 bits per heavy atom. The van der Waals surface area contributed by atoms with Gasteiger partial charge in [0.15, 0.2) is 0 Å². The Kier molecular flexibility index (Phi) is 21.7. The van der Waals surface area contributed by atoms with Gasteiger partial charge in [-0.2, -0.15) is 0 Å².